The third-order valence-corrected chi connectivity index (χ3v) is 6.83. The van der Waals surface area contributed by atoms with Crippen molar-refractivity contribution in [2.75, 3.05) is 0 Å². The monoisotopic (exact) mass is 444 g/mol. The lowest BCUT2D eigenvalue weighted by Crippen LogP contribution is -2.08. The minimum absolute atomic E-state index is 0.382. The molecule has 0 fully saturated rings. The SMILES string of the molecule is CC(C)c1cccc(C(C)C)c1-n1c(-c2coc3c2ccc2ccccc23)nc2ccccc21. The van der Waals surface area contributed by atoms with Gasteiger partial charge in [-0.05, 0) is 46.5 Å². The van der Waals surface area contributed by atoms with Crippen molar-refractivity contribution in [1.29, 1.82) is 0 Å². The standard InChI is InChI=1S/C31H28N2O/c1-19(2)22-12-9-13-23(20(3)4)29(22)33-28-15-8-7-14-27(28)32-31(33)26-18-34-30-24-11-6-5-10-21(24)16-17-25(26)30/h5-20H,1-4H3. The van der Waals surface area contributed by atoms with E-state index in [9.17, 15) is 0 Å². The second kappa shape index (κ2) is 7.88. The summed E-state index contributed by atoms with van der Waals surface area (Å²) in [7, 11) is 0. The van der Waals surface area contributed by atoms with E-state index in [0.29, 0.717) is 11.8 Å². The number of rotatable bonds is 4. The van der Waals surface area contributed by atoms with Gasteiger partial charge in [0.1, 0.15) is 17.7 Å². The summed E-state index contributed by atoms with van der Waals surface area (Å²) in [6, 6.07) is 27.8. The summed E-state index contributed by atoms with van der Waals surface area (Å²) < 4.78 is 8.57. The van der Waals surface area contributed by atoms with Crippen LogP contribution in [-0.2, 0) is 0 Å². The molecule has 0 aliphatic heterocycles. The van der Waals surface area contributed by atoms with Gasteiger partial charge in [-0.1, -0.05) is 88.4 Å². The van der Waals surface area contributed by atoms with Crippen LogP contribution in [0.4, 0.5) is 0 Å². The quantitative estimate of drug-likeness (QED) is 0.272. The van der Waals surface area contributed by atoms with Crippen LogP contribution in [0, 0.1) is 0 Å². The third kappa shape index (κ3) is 3.07. The van der Waals surface area contributed by atoms with Crippen LogP contribution >= 0.6 is 0 Å². The molecule has 0 saturated carbocycles. The molecule has 0 aliphatic rings. The maximum atomic E-state index is 6.21. The lowest BCUT2D eigenvalue weighted by molar-refractivity contribution is 0.620. The van der Waals surface area contributed by atoms with Gasteiger partial charge in [0.05, 0.1) is 22.3 Å². The predicted octanol–water partition coefficient (Wildman–Crippen LogP) is 8.84. The van der Waals surface area contributed by atoms with E-state index in [2.05, 4.69) is 111 Å². The topological polar surface area (TPSA) is 31.0 Å². The van der Waals surface area contributed by atoms with E-state index < -0.39 is 0 Å². The van der Waals surface area contributed by atoms with Gasteiger partial charge in [-0.25, -0.2) is 4.98 Å². The summed E-state index contributed by atoms with van der Waals surface area (Å²) in [4.78, 5) is 5.17. The Bertz CT molecular complexity index is 1640. The van der Waals surface area contributed by atoms with Gasteiger partial charge in [-0.3, -0.25) is 4.57 Å². The highest BCUT2D eigenvalue weighted by molar-refractivity contribution is 6.09. The Morgan fingerprint density at radius 3 is 2.18 bits per heavy atom. The second-order valence-corrected chi connectivity index (χ2v) is 9.67. The van der Waals surface area contributed by atoms with Gasteiger partial charge < -0.3 is 4.42 Å². The molecule has 34 heavy (non-hydrogen) atoms. The van der Waals surface area contributed by atoms with E-state index in [0.717, 1.165) is 38.8 Å². The summed E-state index contributed by atoms with van der Waals surface area (Å²) in [5.74, 6) is 1.69. The smallest absolute Gasteiger partial charge is 0.149 e. The molecule has 0 bridgehead atoms. The molecule has 0 unspecified atom stereocenters. The molecule has 2 heterocycles. The zero-order chi connectivity index (χ0) is 23.4. The largest absolute Gasteiger partial charge is 0.463 e. The van der Waals surface area contributed by atoms with Crippen LogP contribution in [0.1, 0.15) is 50.7 Å². The minimum atomic E-state index is 0.382. The van der Waals surface area contributed by atoms with Gasteiger partial charge in [-0.2, -0.15) is 0 Å². The highest BCUT2D eigenvalue weighted by atomic mass is 16.3. The average Bonchev–Trinajstić information content (AvgIpc) is 3.45. The lowest BCUT2D eigenvalue weighted by atomic mass is 9.92. The van der Waals surface area contributed by atoms with Crippen LogP contribution < -0.4 is 0 Å². The van der Waals surface area contributed by atoms with Crippen molar-refractivity contribution in [2.45, 2.75) is 39.5 Å². The van der Waals surface area contributed by atoms with Gasteiger partial charge in [0.25, 0.3) is 0 Å². The molecule has 6 rings (SSSR count). The Labute approximate surface area is 199 Å². The fourth-order valence-corrected chi connectivity index (χ4v) is 5.14. The van der Waals surface area contributed by atoms with Crippen molar-refractivity contribution in [2.24, 2.45) is 0 Å². The maximum Gasteiger partial charge on any atom is 0.149 e. The zero-order valence-corrected chi connectivity index (χ0v) is 20.0. The van der Waals surface area contributed by atoms with E-state index in [4.69, 9.17) is 9.40 Å². The first-order chi connectivity index (χ1) is 16.5. The van der Waals surface area contributed by atoms with Crippen molar-refractivity contribution in [1.82, 2.24) is 9.55 Å². The van der Waals surface area contributed by atoms with Crippen molar-refractivity contribution < 1.29 is 4.42 Å². The van der Waals surface area contributed by atoms with Crippen molar-refractivity contribution in [3.8, 4) is 17.1 Å². The highest BCUT2D eigenvalue weighted by Gasteiger charge is 2.24. The summed E-state index contributed by atoms with van der Waals surface area (Å²) in [5, 5.41) is 3.39. The van der Waals surface area contributed by atoms with Gasteiger partial charge in [0, 0.05) is 10.8 Å². The lowest BCUT2D eigenvalue weighted by Gasteiger charge is -2.22. The number of hydrogen-bond donors (Lipinski definition) is 0. The van der Waals surface area contributed by atoms with Crippen LogP contribution in [0.5, 0.6) is 0 Å². The molecule has 0 spiro atoms. The number of imidazole rings is 1. The van der Waals surface area contributed by atoms with E-state index in [1.807, 2.05) is 6.26 Å². The molecule has 0 atom stereocenters. The predicted molar refractivity (Wildman–Crippen MR) is 142 cm³/mol. The van der Waals surface area contributed by atoms with Gasteiger partial charge in [-0.15, -0.1) is 0 Å². The number of furan rings is 1. The normalized spacial score (nSPS) is 12.1. The summed E-state index contributed by atoms with van der Waals surface area (Å²) in [6.45, 7) is 9.06. The van der Waals surface area contributed by atoms with Crippen LogP contribution in [0.3, 0.4) is 0 Å². The van der Waals surface area contributed by atoms with E-state index in [-0.39, 0.29) is 0 Å². The number of benzene rings is 4. The molecule has 2 aromatic heterocycles. The van der Waals surface area contributed by atoms with E-state index in [1.165, 1.54) is 22.2 Å². The van der Waals surface area contributed by atoms with E-state index >= 15 is 0 Å². The Morgan fingerprint density at radius 1 is 0.706 bits per heavy atom. The fraction of sp³-hybridized carbons (Fsp3) is 0.194. The van der Waals surface area contributed by atoms with Crippen LogP contribution in [0.25, 0.3) is 49.9 Å². The molecular weight excluding hydrogens is 416 g/mol. The maximum absolute atomic E-state index is 6.21. The number of para-hydroxylation sites is 3. The van der Waals surface area contributed by atoms with Crippen molar-refractivity contribution in [3.05, 3.63) is 96.3 Å². The first-order valence-corrected chi connectivity index (χ1v) is 12.0. The van der Waals surface area contributed by atoms with Gasteiger partial charge >= 0.3 is 0 Å². The summed E-state index contributed by atoms with van der Waals surface area (Å²) in [6.07, 6.45) is 1.88. The molecular formula is C31H28N2O. The van der Waals surface area contributed by atoms with Gasteiger partial charge in [0.2, 0.25) is 0 Å². The summed E-state index contributed by atoms with van der Waals surface area (Å²) >= 11 is 0. The molecule has 168 valence electrons. The second-order valence-electron chi connectivity index (χ2n) is 9.67. The number of nitrogens with zero attached hydrogens (tertiary/aromatic N) is 2. The molecule has 0 N–H and O–H groups in total. The molecule has 4 aromatic carbocycles. The van der Waals surface area contributed by atoms with Crippen LogP contribution in [0.2, 0.25) is 0 Å². The number of hydrogen-bond acceptors (Lipinski definition) is 2. The molecule has 0 radical (unpaired) electrons. The Kier molecular flexibility index (Phi) is 4.80. The number of fused-ring (bicyclic) bond motifs is 4. The average molecular weight is 445 g/mol. The zero-order valence-electron chi connectivity index (χ0n) is 20.0. The van der Waals surface area contributed by atoms with Crippen LogP contribution in [0.15, 0.2) is 89.5 Å². The Hall–Kier alpha value is -3.85. The van der Waals surface area contributed by atoms with Gasteiger partial charge in [0.15, 0.2) is 0 Å². The first kappa shape index (κ1) is 20.7. The van der Waals surface area contributed by atoms with Crippen molar-refractivity contribution >= 4 is 32.8 Å². The molecule has 0 saturated heterocycles. The minimum Gasteiger partial charge on any atom is -0.463 e. The van der Waals surface area contributed by atoms with Crippen molar-refractivity contribution in [3.63, 3.8) is 0 Å². The molecule has 6 aromatic rings. The third-order valence-electron chi connectivity index (χ3n) is 6.83. The molecule has 0 amide bonds. The Morgan fingerprint density at radius 2 is 1.41 bits per heavy atom. The summed E-state index contributed by atoms with van der Waals surface area (Å²) in [5.41, 5.74) is 7.93. The number of aromatic nitrogens is 2. The molecule has 0 aliphatic carbocycles. The van der Waals surface area contributed by atoms with E-state index in [1.54, 1.807) is 0 Å². The molecule has 3 nitrogen and oxygen atoms in total. The molecule has 3 heteroatoms. The van der Waals surface area contributed by atoms with Crippen LogP contribution in [-0.4, -0.2) is 9.55 Å². The fourth-order valence-electron chi connectivity index (χ4n) is 5.14. The highest BCUT2D eigenvalue weighted by Crippen LogP contribution is 2.40. The first-order valence-electron chi connectivity index (χ1n) is 12.0. The Balaban J connectivity index is 1.74.